The second-order valence-corrected chi connectivity index (χ2v) is 7.22. The normalized spacial score (nSPS) is 19.1. The lowest BCUT2D eigenvalue weighted by Crippen LogP contribution is -2.29. The molecular formula is C13H18Cl2N2OS. The highest BCUT2D eigenvalue weighted by Gasteiger charge is 2.24. The van der Waals surface area contributed by atoms with Gasteiger partial charge in [0.15, 0.2) is 0 Å². The van der Waals surface area contributed by atoms with E-state index in [1.165, 1.54) is 11.3 Å². The van der Waals surface area contributed by atoms with Gasteiger partial charge in [0.05, 0.1) is 8.67 Å². The summed E-state index contributed by atoms with van der Waals surface area (Å²) in [6.07, 6.45) is 3.23. The molecule has 0 radical (unpaired) electrons. The van der Waals surface area contributed by atoms with Gasteiger partial charge in [-0.2, -0.15) is 0 Å². The van der Waals surface area contributed by atoms with E-state index in [1.807, 2.05) is 11.0 Å². The average Bonchev–Trinajstić information content (AvgIpc) is 2.96. The van der Waals surface area contributed by atoms with Crippen molar-refractivity contribution in [2.24, 2.45) is 11.7 Å². The quantitative estimate of drug-likeness (QED) is 0.905. The standard InChI is InChI=1S/C13H18Cl2N2OS/c14-11-6-10(13(15)19-11)2-1-3-12(18)17-5-4-9(7-16)8-17/h6,9H,1-5,7-8,16H2/t9-/m1/s1. The van der Waals surface area contributed by atoms with Crippen LogP contribution in [0.1, 0.15) is 24.8 Å². The molecule has 1 aromatic rings. The Morgan fingerprint density at radius 2 is 2.32 bits per heavy atom. The van der Waals surface area contributed by atoms with E-state index in [9.17, 15) is 4.79 Å². The van der Waals surface area contributed by atoms with Crippen molar-refractivity contribution < 1.29 is 4.79 Å². The number of hydrogen-bond acceptors (Lipinski definition) is 3. The maximum atomic E-state index is 12.0. The Kier molecular flexibility index (Phi) is 5.51. The van der Waals surface area contributed by atoms with Crippen LogP contribution in [0.15, 0.2) is 6.07 Å². The molecule has 3 nitrogen and oxygen atoms in total. The van der Waals surface area contributed by atoms with E-state index in [0.29, 0.717) is 23.2 Å². The molecule has 1 amide bonds. The number of thiophene rings is 1. The molecule has 0 aromatic carbocycles. The molecule has 19 heavy (non-hydrogen) atoms. The SMILES string of the molecule is NC[C@H]1CCN(C(=O)CCCc2cc(Cl)sc2Cl)C1. The van der Waals surface area contributed by atoms with Gasteiger partial charge < -0.3 is 10.6 Å². The summed E-state index contributed by atoms with van der Waals surface area (Å²) in [5, 5.41) is 0. The summed E-state index contributed by atoms with van der Waals surface area (Å²) < 4.78 is 1.44. The lowest BCUT2D eigenvalue weighted by atomic mass is 10.1. The summed E-state index contributed by atoms with van der Waals surface area (Å²) in [4.78, 5) is 13.9. The van der Waals surface area contributed by atoms with Crippen LogP contribution in [0.3, 0.4) is 0 Å². The number of carbonyl (C=O) groups is 1. The highest BCUT2D eigenvalue weighted by atomic mass is 35.5. The lowest BCUT2D eigenvalue weighted by molar-refractivity contribution is -0.130. The van der Waals surface area contributed by atoms with Gasteiger partial charge in [-0.25, -0.2) is 0 Å². The zero-order valence-corrected chi connectivity index (χ0v) is 13.0. The van der Waals surface area contributed by atoms with Crippen molar-refractivity contribution in [3.63, 3.8) is 0 Å². The van der Waals surface area contributed by atoms with Crippen LogP contribution < -0.4 is 5.73 Å². The largest absolute Gasteiger partial charge is 0.342 e. The number of nitrogens with zero attached hydrogens (tertiary/aromatic N) is 1. The minimum Gasteiger partial charge on any atom is -0.342 e. The number of amides is 1. The number of nitrogens with two attached hydrogens (primary N) is 1. The topological polar surface area (TPSA) is 46.3 Å². The molecule has 1 saturated heterocycles. The number of halogens is 2. The van der Waals surface area contributed by atoms with E-state index < -0.39 is 0 Å². The van der Waals surface area contributed by atoms with Gasteiger partial charge in [-0.15, -0.1) is 11.3 Å². The molecule has 0 spiro atoms. The average molecular weight is 321 g/mol. The van der Waals surface area contributed by atoms with Crippen LogP contribution >= 0.6 is 34.5 Å². The van der Waals surface area contributed by atoms with E-state index in [1.54, 1.807) is 0 Å². The fourth-order valence-corrected chi connectivity index (χ4v) is 3.93. The molecule has 0 aliphatic carbocycles. The number of carbonyl (C=O) groups excluding carboxylic acids is 1. The predicted octanol–water partition coefficient (Wildman–Crippen LogP) is 3.18. The molecule has 6 heteroatoms. The van der Waals surface area contributed by atoms with Crippen molar-refractivity contribution in [3.8, 4) is 0 Å². The van der Waals surface area contributed by atoms with Gasteiger partial charge in [0.1, 0.15) is 0 Å². The Labute approximate surface area is 127 Å². The first-order chi connectivity index (χ1) is 9.10. The van der Waals surface area contributed by atoms with Crippen LogP contribution in [0.2, 0.25) is 8.67 Å². The molecule has 1 aromatic heterocycles. The van der Waals surface area contributed by atoms with Crippen molar-refractivity contribution in [2.75, 3.05) is 19.6 Å². The Morgan fingerprint density at radius 1 is 1.53 bits per heavy atom. The fourth-order valence-electron chi connectivity index (χ4n) is 2.38. The molecule has 1 fully saturated rings. The first-order valence-corrected chi connectivity index (χ1v) is 8.09. The maximum absolute atomic E-state index is 12.0. The first-order valence-electron chi connectivity index (χ1n) is 6.51. The Balaban J connectivity index is 1.74. The second kappa shape index (κ2) is 6.93. The van der Waals surface area contributed by atoms with E-state index in [-0.39, 0.29) is 5.91 Å². The molecular weight excluding hydrogens is 303 g/mol. The zero-order valence-electron chi connectivity index (χ0n) is 10.7. The molecule has 2 heterocycles. The van der Waals surface area contributed by atoms with Gasteiger partial charge in [0.2, 0.25) is 5.91 Å². The minimum atomic E-state index is 0.230. The van der Waals surface area contributed by atoms with Crippen molar-refractivity contribution in [2.45, 2.75) is 25.7 Å². The van der Waals surface area contributed by atoms with Crippen LogP contribution in [0.5, 0.6) is 0 Å². The van der Waals surface area contributed by atoms with E-state index in [0.717, 1.165) is 42.3 Å². The number of rotatable bonds is 5. The van der Waals surface area contributed by atoms with Crippen molar-refractivity contribution in [3.05, 3.63) is 20.3 Å². The van der Waals surface area contributed by atoms with Crippen LogP contribution in [-0.2, 0) is 11.2 Å². The second-order valence-electron chi connectivity index (χ2n) is 4.93. The van der Waals surface area contributed by atoms with E-state index in [2.05, 4.69) is 0 Å². The van der Waals surface area contributed by atoms with Gasteiger partial charge in [-0.05, 0) is 43.4 Å². The van der Waals surface area contributed by atoms with Crippen LogP contribution in [0.4, 0.5) is 0 Å². The molecule has 1 aliphatic rings. The lowest BCUT2D eigenvalue weighted by Gasteiger charge is -2.16. The summed E-state index contributed by atoms with van der Waals surface area (Å²) in [6, 6.07) is 1.89. The van der Waals surface area contributed by atoms with Crippen molar-refractivity contribution in [1.29, 1.82) is 0 Å². The summed E-state index contributed by atoms with van der Waals surface area (Å²) in [6.45, 7) is 2.35. The van der Waals surface area contributed by atoms with Gasteiger partial charge >= 0.3 is 0 Å². The Bertz CT molecular complexity index is 450. The van der Waals surface area contributed by atoms with Crippen molar-refractivity contribution in [1.82, 2.24) is 4.90 Å². The van der Waals surface area contributed by atoms with Crippen LogP contribution in [0, 0.1) is 5.92 Å². The third-order valence-corrected chi connectivity index (χ3v) is 5.10. The third-order valence-electron chi connectivity index (χ3n) is 3.54. The Morgan fingerprint density at radius 3 is 2.89 bits per heavy atom. The van der Waals surface area contributed by atoms with E-state index >= 15 is 0 Å². The minimum absolute atomic E-state index is 0.230. The molecule has 2 rings (SSSR count). The molecule has 0 unspecified atom stereocenters. The smallest absolute Gasteiger partial charge is 0.222 e. The van der Waals surface area contributed by atoms with Gasteiger partial charge in [-0.1, -0.05) is 23.2 Å². The monoisotopic (exact) mass is 320 g/mol. The molecule has 1 atom stereocenters. The summed E-state index contributed by atoms with van der Waals surface area (Å²) in [5.41, 5.74) is 6.67. The maximum Gasteiger partial charge on any atom is 0.222 e. The molecule has 106 valence electrons. The first kappa shape index (κ1) is 15.1. The summed E-state index contributed by atoms with van der Waals surface area (Å²) in [7, 11) is 0. The van der Waals surface area contributed by atoms with Crippen LogP contribution in [-0.4, -0.2) is 30.4 Å². The number of hydrogen-bond donors (Lipinski definition) is 1. The predicted molar refractivity (Wildman–Crippen MR) is 81.0 cm³/mol. The third kappa shape index (κ3) is 4.09. The Hall–Kier alpha value is -0.290. The summed E-state index contributed by atoms with van der Waals surface area (Å²) in [5.74, 6) is 0.711. The molecule has 2 N–H and O–H groups in total. The molecule has 0 bridgehead atoms. The number of likely N-dealkylation sites (tertiary alicyclic amines) is 1. The van der Waals surface area contributed by atoms with Gasteiger partial charge in [0, 0.05) is 19.5 Å². The van der Waals surface area contributed by atoms with Gasteiger partial charge in [-0.3, -0.25) is 4.79 Å². The van der Waals surface area contributed by atoms with Gasteiger partial charge in [0.25, 0.3) is 0 Å². The highest BCUT2D eigenvalue weighted by Crippen LogP contribution is 2.32. The number of aryl methyl sites for hydroxylation is 1. The van der Waals surface area contributed by atoms with Crippen LogP contribution in [0.25, 0.3) is 0 Å². The molecule has 1 aliphatic heterocycles. The highest BCUT2D eigenvalue weighted by molar-refractivity contribution is 7.20. The molecule has 0 saturated carbocycles. The zero-order chi connectivity index (χ0) is 13.8. The van der Waals surface area contributed by atoms with Crippen molar-refractivity contribution >= 4 is 40.4 Å². The van der Waals surface area contributed by atoms with E-state index in [4.69, 9.17) is 28.9 Å². The summed E-state index contributed by atoms with van der Waals surface area (Å²) >= 11 is 13.3. The fraction of sp³-hybridized carbons (Fsp3) is 0.615.